The summed E-state index contributed by atoms with van der Waals surface area (Å²) >= 11 is 1.47. The second kappa shape index (κ2) is 3.61. The van der Waals surface area contributed by atoms with E-state index >= 15 is 0 Å². The molecule has 0 aliphatic carbocycles. The third-order valence-corrected chi connectivity index (χ3v) is 3.14. The van der Waals surface area contributed by atoms with Gasteiger partial charge in [-0.25, -0.2) is 0 Å². The average Bonchev–Trinajstić information content (AvgIpc) is 2.87. The molecule has 1 N–H and O–H groups in total. The molecule has 0 unspecified atom stereocenters. The van der Waals surface area contributed by atoms with Gasteiger partial charge >= 0.3 is 0 Å². The normalized spacial score (nSPS) is 10.8. The molecule has 2 aromatic heterocycles. The van der Waals surface area contributed by atoms with Crippen LogP contribution in [0.4, 0.5) is 10.7 Å². The van der Waals surface area contributed by atoms with Gasteiger partial charge in [0.2, 0.25) is 0 Å². The minimum atomic E-state index is 0.983. The van der Waals surface area contributed by atoms with Gasteiger partial charge in [0.15, 0.2) is 0 Å². The molecular formula is C11H10N4S. The molecular weight excluding hydrogens is 220 g/mol. The zero-order chi connectivity index (χ0) is 11.0. The third kappa shape index (κ3) is 1.55. The summed E-state index contributed by atoms with van der Waals surface area (Å²) in [6.45, 7) is 0. The number of aromatic nitrogens is 3. The Morgan fingerprint density at radius 3 is 3.00 bits per heavy atom. The van der Waals surface area contributed by atoms with E-state index in [0.29, 0.717) is 0 Å². The summed E-state index contributed by atoms with van der Waals surface area (Å²) < 4.78 is 6.14. The summed E-state index contributed by atoms with van der Waals surface area (Å²) in [5, 5.41) is 9.64. The maximum Gasteiger partial charge on any atom is 0.121 e. The molecule has 0 aliphatic heterocycles. The Morgan fingerprint density at radius 2 is 2.19 bits per heavy atom. The van der Waals surface area contributed by atoms with Gasteiger partial charge in [0.1, 0.15) is 5.00 Å². The maximum absolute atomic E-state index is 4.37. The fourth-order valence-corrected chi connectivity index (χ4v) is 2.38. The molecule has 5 heteroatoms. The van der Waals surface area contributed by atoms with Crippen LogP contribution in [-0.4, -0.2) is 14.2 Å². The van der Waals surface area contributed by atoms with Crippen molar-refractivity contribution in [2.75, 3.05) is 5.32 Å². The number of fused-ring (bicyclic) bond motifs is 1. The van der Waals surface area contributed by atoms with Crippen LogP contribution in [0.3, 0.4) is 0 Å². The molecule has 0 saturated carbocycles. The Hall–Kier alpha value is -1.88. The predicted molar refractivity (Wildman–Crippen MR) is 66.1 cm³/mol. The molecule has 3 aromatic rings. The van der Waals surface area contributed by atoms with E-state index in [1.165, 1.54) is 11.5 Å². The van der Waals surface area contributed by atoms with Crippen LogP contribution in [-0.2, 0) is 7.05 Å². The fourth-order valence-electron chi connectivity index (χ4n) is 1.60. The topological polar surface area (TPSA) is 42.7 Å². The van der Waals surface area contributed by atoms with E-state index in [1.807, 2.05) is 31.4 Å². The van der Waals surface area contributed by atoms with Crippen molar-refractivity contribution in [3.8, 4) is 0 Å². The van der Waals surface area contributed by atoms with Gasteiger partial charge in [-0.2, -0.15) is 9.47 Å². The quantitative estimate of drug-likeness (QED) is 0.736. The molecule has 0 amide bonds. The van der Waals surface area contributed by atoms with E-state index in [0.717, 1.165) is 21.6 Å². The highest BCUT2D eigenvalue weighted by molar-refractivity contribution is 7.11. The Kier molecular flexibility index (Phi) is 2.11. The monoisotopic (exact) mass is 230 g/mol. The van der Waals surface area contributed by atoms with Gasteiger partial charge in [-0.05, 0) is 23.7 Å². The molecule has 3 rings (SSSR count). The van der Waals surface area contributed by atoms with Crippen LogP contribution in [0.15, 0.2) is 36.7 Å². The van der Waals surface area contributed by atoms with E-state index in [1.54, 1.807) is 10.9 Å². The minimum absolute atomic E-state index is 0.983. The minimum Gasteiger partial charge on any atom is -0.343 e. The molecule has 80 valence electrons. The standard InChI is InChI=1S/C11H10N4S/c1-15-7-8(6-12-15)13-11-9-4-2-3-5-10(9)14-16-11/h2-7,13H,1H3. The van der Waals surface area contributed by atoms with Crippen LogP contribution in [0.5, 0.6) is 0 Å². The molecule has 0 saturated heterocycles. The van der Waals surface area contributed by atoms with Crippen molar-refractivity contribution in [3.63, 3.8) is 0 Å². The number of nitrogens with zero attached hydrogens (tertiary/aromatic N) is 3. The van der Waals surface area contributed by atoms with Crippen LogP contribution in [0.2, 0.25) is 0 Å². The average molecular weight is 230 g/mol. The van der Waals surface area contributed by atoms with Crippen molar-refractivity contribution in [2.24, 2.45) is 7.05 Å². The molecule has 0 atom stereocenters. The highest BCUT2D eigenvalue weighted by Crippen LogP contribution is 2.29. The molecule has 0 aliphatic rings. The van der Waals surface area contributed by atoms with Gasteiger partial charge in [0.05, 0.1) is 17.4 Å². The van der Waals surface area contributed by atoms with Gasteiger partial charge in [-0.3, -0.25) is 4.68 Å². The maximum atomic E-state index is 4.37. The summed E-state index contributed by atoms with van der Waals surface area (Å²) in [4.78, 5) is 0. The predicted octanol–water partition coefficient (Wildman–Crippen LogP) is 2.77. The molecule has 0 radical (unpaired) electrons. The van der Waals surface area contributed by atoms with Gasteiger partial charge in [-0.15, -0.1) is 0 Å². The summed E-state index contributed by atoms with van der Waals surface area (Å²) in [5.41, 5.74) is 2.01. The smallest absolute Gasteiger partial charge is 0.121 e. The largest absolute Gasteiger partial charge is 0.343 e. The first-order chi connectivity index (χ1) is 7.83. The lowest BCUT2D eigenvalue weighted by Crippen LogP contribution is -1.86. The van der Waals surface area contributed by atoms with Crippen LogP contribution >= 0.6 is 11.5 Å². The summed E-state index contributed by atoms with van der Waals surface area (Å²) in [7, 11) is 1.90. The number of benzene rings is 1. The lowest BCUT2D eigenvalue weighted by atomic mass is 10.2. The molecule has 16 heavy (non-hydrogen) atoms. The molecule has 4 nitrogen and oxygen atoms in total. The van der Waals surface area contributed by atoms with E-state index in [9.17, 15) is 0 Å². The van der Waals surface area contributed by atoms with Crippen molar-refractivity contribution >= 4 is 33.1 Å². The van der Waals surface area contributed by atoms with Gasteiger partial charge < -0.3 is 5.32 Å². The number of rotatable bonds is 2. The summed E-state index contributed by atoms with van der Waals surface area (Å²) in [6, 6.07) is 8.10. The van der Waals surface area contributed by atoms with Crippen molar-refractivity contribution < 1.29 is 0 Å². The van der Waals surface area contributed by atoms with Crippen LogP contribution in [0.25, 0.3) is 10.9 Å². The highest BCUT2D eigenvalue weighted by Gasteiger charge is 2.05. The van der Waals surface area contributed by atoms with Gasteiger partial charge in [0, 0.05) is 18.6 Å². The zero-order valence-electron chi connectivity index (χ0n) is 8.71. The Morgan fingerprint density at radius 1 is 1.31 bits per heavy atom. The Bertz CT molecular complexity index is 625. The number of hydrogen-bond acceptors (Lipinski definition) is 4. The van der Waals surface area contributed by atoms with E-state index < -0.39 is 0 Å². The first-order valence-corrected chi connectivity index (χ1v) is 5.70. The van der Waals surface area contributed by atoms with Crippen molar-refractivity contribution in [3.05, 3.63) is 36.7 Å². The van der Waals surface area contributed by atoms with Crippen LogP contribution in [0.1, 0.15) is 0 Å². The fraction of sp³-hybridized carbons (Fsp3) is 0.0909. The molecule has 0 spiro atoms. The lowest BCUT2D eigenvalue weighted by Gasteiger charge is -1.98. The van der Waals surface area contributed by atoms with E-state index in [4.69, 9.17) is 0 Å². The second-order valence-electron chi connectivity index (χ2n) is 3.56. The van der Waals surface area contributed by atoms with Crippen LogP contribution < -0.4 is 5.32 Å². The lowest BCUT2D eigenvalue weighted by molar-refractivity contribution is 0.768. The molecule has 0 fully saturated rings. The molecule has 2 heterocycles. The second-order valence-corrected chi connectivity index (χ2v) is 4.33. The number of hydrogen-bond donors (Lipinski definition) is 1. The number of anilines is 2. The van der Waals surface area contributed by atoms with Crippen molar-refractivity contribution in [1.29, 1.82) is 0 Å². The Labute approximate surface area is 96.7 Å². The van der Waals surface area contributed by atoms with Crippen LogP contribution in [0, 0.1) is 0 Å². The van der Waals surface area contributed by atoms with Crippen molar-refractivity contribution in [2.45, 2.75) is 0 Å². The summed E-state index contributed by atoms with van der Waals surface area (Å²) in [6.07, 6.45) is 3.74. The number of aryl methyl sites for hydroxylation is 1. The highest BCUT2D eigenvalue weighted by atomic mass is 32.1. The van der Waals surface area contributed by atoms with Gasteiger partial charge in [-0.1, -0.05) is 12.1 Å². The molecule has 1 aromatic carbocycles. The zero-order valence-corrected chi connectivity index (χ0v) is 9.53. The third-order valence-electron chi connectivity index (χ3n) is 2.35. The number of nitrogens with one attached hydrogen (secondary N) is 1. The first-order valence-electron chi connectivity index (χ1n) is 4.93. The first kappa shape index (κ1) is 9.35. The van der Waals surface area contributed by atoms with Gasteiger partial charge in [0.25, 0.3) is 0 Å². The molecule has 0 bridgehead atoms. The van der Waals surface area contributed by atoms with Crippen molar-refractivity contribution in [1.82, 2.24) is 14.2 Å². The van der Waals surface area contributed by atoms with E-state index in [-0.39, 0.29) is 0 Å². The SMILES string of the molecule is Cn1cc(Nc2snc3ccccc23)cn1. The van der Waals surface area contributed by atoms with E-state index in [2.05, 4.69) is 20.9 Å². The Balaban J connectivity index is 2.00. The summed E-state index contributed by atoms with van der Waals surface area (Å²) in [5.74, 6) is 0.